The zero-order chi connectivity index (χ0) is 21.5. The van der Waals surface area contributed by atoms with Crippen molar-refractivity contribution in [3.05, 3.63) is 65.2 Å². The van der Waals surface area contributed by atoms with Gasteiger partial charge in [0.05, 0.1) is 5.56 Å². The summed E-state index contributed by atoms with van der Waals surface area (Å²) >= 11 is 0. The first-order valence-corrected chi connectivity index (χ1v) is 9.68. The quantitative estimate of drug-likeness (QED) is 0.647. The highest BCUT2D eigenvalue weighted by Gasteiger charge is 2.22. The molecule has 3 rings (SSSR count). The minimum absolute atomic E-state index is 0.0453. The SMILES string of the molecule is Cc1cccc(CN2CCN(C(=O)COC(=O)c3cccc(OC(F)F)c3)CC2)c1. The van der Waals surface area contributed by atoms with E-state index in [9.17, 15) is 18.4 Å². The van der Waals surface area contributed by atoms with Crippen LogP contribution in [0.1, 0.15) is 21.5 Å². The molecule has 1 aliphatic heterocycles. The van der Waals surface area contributed by atoms with E-state index in [0.29, 0.717) is 13.1 Å². The van der Waals surface area contributed by atoms with Crippen molar-refractivity contribution in [2.24, 2.45) is 0 Å². The Bertz CT molecular complexity index is 883. The molecule has 0 bridgehead atoms. The molecule has 1 aliphatic rings. The van der Waals surface area contributed by atoms with E-state index in [0.717, 1.165) is 25.7 Å². The highest BCUT2D eigenvalue weighted by atomic mass is 19.3. The lowest BCUT2D eigenvalue weighted by Gasteiger charge is -2.34. The summed E-state index contributed by atoms with van der Waals surface area (Å²) in [7, 11) is 0. The first kappa shape index (κ1) is 21.7. The molecule has 6 nitrogen and oxygen atoms in total. The fourth-order valence-electron chi connectivity index (χ4n) is 3.33. The summed E-state index contributed by atoms with van der Waals surface area (Å²) in [4.78, 5) is 28.4. The molecule has 1 amide bonds. The number of hydrogen-bond donors (Lipinski definition) is 0. The molecular formula is C22H24F2N2O4. The van der Waals surface area contributed by atoms with Gasteiger partial charge in [0.25, 0.3) is 5.91 Å². The number of carbonyl (C=O) groups is 2. The zero-order valence-electron chi connectivity index (χ0n) is 16.7. The molecule has 2 aromatic rings. The third-order valence-corrected chi connectivity index (χ3v) is 4.84. The van der Waals surface area contributed by atoms with Gasteiger partial charge in [-0.2, -0.15) is 8.78 Å². The van der Waals surface area contributed by atoms with Crippen LogP contribution in [0.5, 0.6) is 5.75 Å². The Hall–Kier alpha value is -3.00. The first-order valence-electron chi connectivity index (χ1n) is 9.68. The number of amides is 1. The van der Waals surface area contributed by atoms with E-state index in [1.807, 2.05) is 6.07 Å². The molecule has 30 heavy (non-hydrogen) atoms. The highest BCUT2D eigenvalue weighted by molar-refractivity contribution is 5.91. The van der Waals surface area contributed by atoms with Gasteiger partial charge in [0, 0.05) is 32.7 Å². The number of hydrogen-bond acceptors (Lipinski definition) is 5. The standard InChI is InChI=1S/C22H24F2N2O4/c1-16-4-2-5-17(12-16)14-25-8-10-26(11-9-25)20(27)15-29-21(28)18-6-3-7-19(13-18)30-22(23)24/h2-7,12-13,22H,8-11,14-15H2,1H3. The Morgan fingerprint density at radius 3 is 2.47 bits per heavy atom. The maximum absolute atomic E-state index is 12.4. The van der Waals surface area contributed by atoms with Crippen molar-refractivity contribution in [1.82, 2.24) is 9.80 Å². The van der Waals surface area contributed by atoms with E-state index in [1.54, 1.807) is 4.90 Å². The number of carbonyl (C=O) groups excluding carboxylic acids is 2. The molecule has 0 saturated carbocycles. The summed E-state index contributed by atoms with van der Waals surface area (Å²) < 4.78 is 33.9. The van der Waals surface area contributed by atoms with Gasteiger partial charge >= 0.3 is 12.6 Å². The number of benzene rings is 2. The number of nitrogens with zero attached hydrogens (tertiary/aromatic N) is 2. The minimum atomic E-state index is -2.98. The molecule has 8 heteroatoms. The summed E-state index contributed by atoms with van der Waals surface area (Å²) in [6, 6.07) is 13.6. The van der Waals surface area contributed by atoms with Crippen LogP contribution in [-0.4, -0.2) is 61.1 Å². The largest absolute Gasteiger partial charge is 0.452 e. The van der Waals surface area contributed by atoms with Crippen molar-refractivity contribution in [3.63, 3.8) is 0 Å². The van der Waals surface area contributed by atoms with Crippen LogP contribution in [0.15, 0.2) is 48.5 Å². The van der Waals surface area contributed by atoms with Crippen LogP contribution < -0.4 is 4.74 Å². The molecule has 0 aromatic heterocycles. The second kappa shape index (κ2) is 10.2. The van der Waals surface area contributed by atoms with Crippen molar-refractivity contribution in [2.45, 2.75) is 20.1 Å². The number of esters is 1. The lowest BCUT2D eigenvalue weighted by molar-refractivity contribution is -0.136. The van der Waals surface area contributed by atoms with Gasteiger partial charge in [0.2, 0.25) is 0 Å². The molecule has 160 valence electrons. The number of alkyl halides is 2. The number of aryl methyl sites for hydroxylation is 1. The van der Waals surface area contributed by atoms with Gasteiger partial charge in [0.1, 0.15) is 5.75 Å². The van der Waals surface area contributed by atoms with Crippen LogP contribution in [-0.2, 0) is 16.1 Å². The average Bonchev–Trinajstić information content (AvgIpc) is 2.72. The third-order valence-electron chi connectivity index (χ3n) is 4.84. The van der Waals surface area contributed by atoms with Gasteiger partial charge in [-0.15, -0.1) is 0 Å². The average molecular weight is 418 g/mol. The molecule has 0 N–H and O–H groups in total. The minimum Gasteiger partial charge on any atom is -0.452 e. The lowest BCUT2D eigenvalue weighted by Crippen LogP contribution is -2.49. The predicted molar refractivity (Wildman–Crippen MR) is 106 cm³/mol. The molecule has 0 atom stereocenters. The molecule has 1 heterocycles. The Morgan fingerprint density at radius 2 is 1.77 bits per heavy atom. The van der Waals surface area contributed by atoms with Crippen LogP contribution in [0, 0.1) is 6.92 Å². The monoisotopic (exact) mass is 418 g/mol. The normalized spacial score (nSPS) is 14.6. The lowest BCUT2D eigenvalue weighted by atomic mass is 10.1. The van der Waals surface area contributed by atoms with Crippen LogP contribution in [0.2, 0.25) is 0 Å². The fourth-order valence-corrected chi connectivity index (χ4v) is 3.33. The number of halogens is 2. The smallest absolute Gasteiger partial charge is 0.387 e. The first-order chi connectivity index (χ1) is 14.4. The van der Waals surface area contributed by atoms with Crippen molar-refractivity contribution in [2.75, 3.05) is 32.8 Å². The summed E-state index contributed by atoms with van der Waals surface area (Å²) in [6.45, 7) is 2.10. The van der Waals surface area contributed by atoms with Crippen molar-refractivity contribution >= 4 is 11.9 Å². The molecule has 0 aliphatic carbocycles. The Kier molecular flexibility index (Phi) is 7.35. The number of rotatable bonds is 7. The van der Waals surface area contributed by atoms with Gasteiger partial charge in [-0.1, -0.05) is 35.9 Å². The summed E-state index contributed by atoms with van der Waals surface area (Å²) in [5.41, 5.74) is 2.50. The van der Waals surface area contributed by atoms with Gasteiger partial charge < -0.3 is 14.4 Å². The maximum atomic E-state index is 12.4. The predicted octanol–water partition coefficient (Wildman–Crippen LogP) is 3.10. The third kappa shape index (κ3) is 6.25. The van der Waals surface area contributed by atoms with Gasteiger partial charge in [0.15, 0.2) is 6.61 Å². The molecular weight excluding hydrogens is 394 g/mol. The van der Waals surface area contributed by atoms with Gasteiger partial charge in [-0.3, -0.25) is 9.69 Å². The van der Waals surface area contributed by atoms with Crippen molar-refractivity contribution < 1.29 is 27.8 Å². The van der Waals surface area contributed by atoms with E-state index >= 15 is 0 Å². The highest BCUT2D eigenvalue weighted by Crippen LogP contribution is 2.17. The van der Waals surface area contributed by atoms with Crippen LogP contribution in [0.3, 0.4) is 0 Å². The van der Waals surface area contributed by atoms with Gasteiger partial charge in [-0.05, 0) is 30.7 Å². The van der Waals surface area contributed by atoms with Gasteiger partial charge in [-0.25, -0.2) is 4.79 Å². The molecule has 0 spiro atoms. The molecule has 2 aromatic carbocycles. The second-order valence-corrected chi connectivity index (χ2v) is 7.13. The van der Waals surface area contributed by atoms with E-state index in [1.165, 1.54) is 29.3 Å². The molecule has 1 fully saturated rings. The molecule has 0 radical (unpaired) electrons. The maximum Gasteiger partial charge on any atom is 0.387 e. The van der Waals surface area contributed by atoms with Crippen molar-refractivity contribution in [1.29, 1.82) is 0 Å². The van der Waals surface area contributed by atoms with E-state index in [-0.39, 0.29) is 17.2 Å². The molecule has 0 unspecified atom stereocenters. The Balaban J connectivity index is 1.44. The van der Waals surface area contributed by atoms with Crippen molar-refractivity contribution in [3.8, 4) is 5.75 Å². The van der Waals surface area contributed by atoms with Crippen LogP contribution in [0.4, 0.5) is 8.78 Å². The summed E-state index contributed by atoms with van der Waals surface area (Å²) in [5, 5.41) is 0. The second-order valence-electron chi connectivity index (χ2n) is 7.13. The Morgan fingerprint density at radius 1 is 1.03 bits per heavy atom. The van der Waals surface area contributed by atoms with E-state index < -0.39 is 19.2 Å². The Labute approximate surface area is 174 Å². The number of piperazine rings is 1. The van der Waals surface area contributed by atoms with Crippen LogP contribution >= 0.6 is 0 Å². The summed E-state index contributed by atoms with van der Waals surface area (Å²) in [5.74, 6) is -1.19. The summed E-state index contributed by atoms with van der Waals surface area (Å²) in [6.07, 6.45) is 0. The topological polar surface area (TPSA) is 59.1 Å². The fraction of sp³-hybridized carbons (Fsp3) is 0.364. The van der Waals surface area contributed by atoms with Crippen LogP contribution in [0.25, 0.3) is 0 Å². The number of ether oxygens (including phenoxy) is 2. The molecule has 1 saturated heterocycles. The van der Waals surface area contributed by atoms with E-state index in [4.69, 9.17) is 4.74 Å². The van der Waals surface area contributed by atoms with E-state index in [2.05, 4.69) is 34.8 Å². The zero-order valence-corrected chi connectivity index (χ0v) is 16.7.